The first-order valence-electron chi connectivity index (χ1n) is 23.0. The van der Waals surface area contributed by atoms with Gasteiger partial charge in [0.25, 0.3) is 11.8 Å². The zero-order chi connectivity index (χ0) is 48.8. The van der Waals surface area contributed by atoms with Crippen molar-refractivity contribution in [1.82, 2.24) is 30.2 Å². The largest absolute Gasteiger partial charge is 0.444 e. The lowest BCUT2D eigenvalue weighted by Gasteiger charge is -2.33. The summed E-state index contributed by atoms with van der Waals surface area (Å²) in [7, 11) is 0. The van der Waals surface area contributed by atoms with Gasteiger partial charge in [-0.25, -0.2) is 9.59 Å². The van der Waals surface area contributed by atoms with Crippen molar-refractivity contribution >= 4 is 65.3 Å². The summed E-state index contributed by atoms with van der Waals surface area (Å²) in [5.74, 6) is -1.15. The number of piperidine rings is 4. The number of imide groups is 2. The summed E-state index contributed by atoms with van der Waals surface area (Å²) in [6, 6.07) is 9.59. The molecule has 2 aromatic rings. The highest BCUT2D eigenvalue weighted by Crippen LogP contribution is 2.31. The summed E-state index contributed by atoms with van der Waals surface area (Å²) in [5, 5.41) is 8.06. The third kappa shape index (κ3) is 13.1. The van der Waals surface area contributed by atoms with E-state index in [9.17, 15) is 43.2 Å². The second-order valence-electron chi connectivity index (χ2n) is 19.8. The molecular weight excluding hydrogens is 865 g/mol. The number of nitrogen functional groups attached to an aromatic ring is 1. The van der Waals surface area contributed by atoms with Crippen LogP contribution in [0.4, 0.5) is 21.0 Å². The molecule has 6 aliphatic rings. The first kappa shape index (κ1) is 49.9. The van der Waals surface area contributed by atoms with Crippen LogP contribution in [0, 0.1) is 11.8 Å². The summed E-state index contributed by atoms with van der Waals surface area (Å²) in [4.78, 5) is 112. The number of hydrogen-bond donors (Lipinski definition) is 4. The van der Waals surface area contributed by atoms with Crippen LogP contribution in [-0.2, 0) is 46.5 Å². The maximum absolute atomic E-state index is 12.8. The van der Waals surface area contributed by atoms with E-state index in [4.69, 9.17) is 15.2 Å². The van der Waals surface area contributed by atoms with Crippen LogP contribution in [0.2, 0.25) is 0 Å². The van der Waals surface area contributed by atoms with Crippen molar-refractivity contribution in [1.29, 1.82) is 0 Å². The Bertz CT molecular complexity index is 2250. The number of ether oxygens (including phenoxy) is 2. The standard InChI is InChI=1S/C24H32N4O5.C13H13N3O3.C11H19NO3/c1-24(2,3)33-23(32)27-10-8-15(9-11-27)13-25-17-4-5-18-16(12-17)14-28(22(18)31)19-6-7-20(29)26-21(19)30;14-8-1-2-9-7(5-8)6-16(13(9)19)10-3-4-11(17)15-12(10)18;1-11(2,3)15-10(14)12-6-4-9(8-13)5-7-12/h4-5,12,15,19,25H,6-11,13-14H2,1-3H3,(H,26,29,30);1-2,5,10H,3-4,6,14H2,(H,15,17,18);8-9H,4-7H2,1-3H3. The van der Waals surface area contributed by atoms with E-state index in [1.54, 1.807) is 39.0 Å². The summed E-state index contributed by atoms with van der Waals surface area (Å²) in [6.07, 6.45) is 5.01. The highest BCUT2D eigenvalue weighted by molar-refractivity contribution is 6.06. The number of likely N-dealkylation sites (tertiary alicyclic amines) is 2. The number of benzene rings is 2. The van der Waals surface area contributed by atoms with Crippen molar-refractivity contribution in [2.24, 2.45) is 11.8 Å². The molecule has 0 saturated carbocycles. The van der Waals surface area contributed by atoms with Gasteiger partial charge < -0.3 is 44.9 Å². The van der Waals surface area contributed by atoms with E-state index in [0.29, 0.717) is 74.8 Å². The molecule has 67 heavy (non-hydrogen) atoms. The molecule has 0 aromatic heterocycles. The molecule has 0 aliphatic carbocycles. The van der Waals surface area contributed by atoms with E-state index in [2.05, 4.69) is 16.0 Å². The van der Waals surface area contributed by atoms with Gasteiger partial charge in [0.1, 0.15) is 29.6 Å². The lowest BCUT2D eigenvalue weighted by atomic mass is 9.97. The molecule has 4 saturated heterocycles. The highest BCUT2D eigenvalue weighted by atomic mass is 16.6. The van der Waals surface area contributed by atoms with Crippen molar-refractivity contribution in [2.45, 2.75) is 129 Å². The molecule has 19 nitrogen and oxygen atoms in total. The number of carbonyl (C=O) groups is 9. The van der Waals surface area contributed by atoms with Crippen LogP contribution in [0.25, 0.3) is 0 Å². The summed E-state index contributed by atoms with van der Waals surface area (Å²) >= 11 is 0. The molecule has 0 spiro atoms. The summed E-state index contributed by atoms with van der Waals surface area (Å²) in [5.41, 5.74) is 9.19. The molecule has 2 unspecified atom stereocenters. The lowest BCUT2D eigenvalue weighted by molar-refractivity contribution is -0.138. The third-order valence-electron chi connectivity index (χ3n) is 12.3. The number of anilines is 2. The Labute approximate surface area is 390 Å². The zero-order valence-corrected chi connectivity index (χ0v) is 39.3. The van der Waals surface area contributed by atoms with Crippen LogP contribution >= 0.6 is 0 Å². The topological polar surface area (TPSA) is 247 Å². The van der Waals surface area contributed by atoms with Gasteiger partial charge >= 0.3 is 12.2 Å². The van der Waals surface area contributed by atoms with Gasteiger partial charge in [-0.05, 0) is 134 Å². The van der Waals surface area contributed by atoms with Crippen molar-refractivity contribution < 1.29 is 52.6 Å². The Kier molecular flexibility index (Phi) is 15.6. The van der Waals surface area contributed by atoms with Crippen molar-refractivity contribution in [3.05, 3.63) is 58.7 Å². The van der Waals surface area contributed by atoms with E-state index >= 15 is 0 Å². The quantitative estimate of drug-likeness (QED) is 0.179. The molecule has 8 rings (SSSR count). The molecule has 6 heterocycles. The number of carbonyl (C=O) groups excluding carboxylic acids is 9. The normalized spacial score (nSPS) is 21.2. The van der Waals surface area contributed by atoms with Gasteiger partial charge in [-0.3, -0.25) is 39.4 Å². The summed E-state index contributed by atoms with van der Waals surface area (Å²) in [6.45, 7) is 15.3. The minimum atomic E-state index is -0.603. The van der Waals surface area contributed by atoms with E-state index in [1.165, 1.54) is 4.90 Å². The van der Waals surface area contributed by atoms with E-state index in [-0.39, 0.29) is 54.6 Å². The van der Waals surface area contributed by atoms with E-state index < -0.39 is 35.1 Å². The molecular formula is C48H64N8O11. The molecule has 2 atom stereocenters. The summed E-state index contributed by atoms with van der Waals surface area (Å²) < 4.78 is 10.7. The van der Waals surface area contributed by atoms with Gasteiger partial charge in [0, 0.05) is 87.1 Å². The fourth-order valence-electron chi connectivity index (χ4n) is 8.73. The Balaban J connectivity index is 0.000000184. The first-order valence-corrected chi connectivity index (χ1v) is 23.0. The van der Waals surface area contributed by atoms with Gasteiger partial charge in [-0.2, -0.15) is 0 Å². The SMILES string of the molecule is CC(C)(C)OC(=O)N1CCC(C=O)CC1.CC(C)(C)OC(=O)N1CCC(CNc2ccc3c(c2)CN(C2CCC(=O)NC2=O)C3=O)CC1.Nc1ccc2c(c1)CN(C1CCC(=O)NC1=O)C2=O. The van der Waals surface area contributed by atoms with Gasteiger partial charge in [0.15, 0.2) is 0 Å². The third-order valence-corrected chi connectivity index (χ3v) is 12.3. The number of amides is 8. The molecule has 19 heteroatoms. The second kappa shape index (κ2) is 21.0. The highest BCUT2D eigenvalue weighted by Gasteiger charge is 2.40. The van der Waals surface area contributed by atoms with Crippen molar-refractivity contribution in [2.75, 3.05) is 43.8 Å². The number of nitrogens with zero attached hydrogens (tertiary/aromatic N) is 4. The zero-order valence-electron chi connectivity index (χ0n) is 39.3. The number of fused-ring (bicyclic) bond motifs is 2. The minimum Gasteiger partial charge on any atom is -0.444 e. The fraction of sp³-hybridized carbons (Fsp3) is 0.562. The number of nitrogens with one attached hydrogen (secondary N) is 3. The van der Waals surface area contributed by atoms with Crippen LogP contribution in [0.3, 0.4) is 0 Å². The van der Waals surface area contributed by atoms with Crippen LogP contribution in [0.5, 0.6) is 0 Å². The second-order valence-corrected chi connectivity index (χ2v) is 19.8. The lowest BCUT2D eigenvalue weighted by Crippen LogP contribution is -2.52. The Morgan fingerprint density at radius 2 is 1.12 bits per heavy atom. The molecule has 8 amide bonds. The van der Waals surface area contributed by atoms with Gasteiger partial charge in [-0.1, -0.05) is 0 Å². The monoisotopic (exact) mass is 928 g/mol. The predicted molar refractivity (Wildman–Crippen MR) is 245 cm³/mol. The molecule has 5 N–H and O–H groups in total. The van der Waals surface area contributed by atoms with E-state index in [0.717, 1.165) is 55.3 Å². The average molecular weight is 929 g/mol. The molecule has 0 bridgehead atoms. The molecule has 4 fully saturated rings. The smallest absolute Gasteiger partial charge is 0.410 e. The molecule has 6 aliphatic heterocycles. The predicted octanol–water partition coefficient (Wildman–Crippen LogP) is 4.37. The molecule has 0 radical (unpaired) electrons. The van der Waals surface area contributed by atoms with Crippen molar-refractivity contribution in [3.8, 4) is 0 Å². The first-order chi connectivity index (χ1) is 31.6. The minimum absolute atomic E-state index is 0.115. The maximum atomic E-state index is 12.8. The van der Waals surface area contributed by atoms with E-state index in [1.807, 2.05) is 53.7 Å². The number of hydrogen-bond acceptors (Lipinski definition) is 13. The number of nitrogens with two attached hydrogens (primary N) is 1. The molecule has 362 valence electrons. The number of aldehydes is 1. The van der Waals surface area contributed by atoms with Crippen LogP contribution in [0.1, 0.15) is 125 Å². The fourth-order valence-corrected chi connectivity index (χ4v) is 8.73. The Morgan fingerprint density at radius 1 is 0.672 bits per heavy atom. The van der Waals surface area contributed by atoms with Crippen LogP contribution in [0.15, 0.2) is 36.4 Å². The van der Waals surface area contributed by atoms with Crippen LogP contribution < -0.4 is 21.7 Å². The van der Waals surface area contributed by atoms with Crippen molar-refractivity contribution in [3.63, 3.8) is 0 Å². The number of rotatable bonds is 6. The van der Waals surface area contributed by atoms with Crippen LogP contribution in [-0.4, -0.2) is 130 Å². The van der Waals surface area contributed by atoms with Gasteiger partial charge in [0.2, 0.25) is 23.6 Å². The Morgan fingerprint density at radius 3 is 1.57 bits per heavy atom. The molecule has 2 aromatic carbocycles. The maximum Gasteiger partial charge on any atom is 0.410 e. The van der Waals surface area contributed by atoms with Gasteiger partial charge in [-0.15, -0.1) is 0 Å². The average Bonchev–Trinajstić information content (AvgIpc) is 3.76. The Hall–Kier alpha value is -6.53. The van der Waals surface area contributed by atoms with Gasteiger partial charge in [0.05, 0.1) is 0 Å².